The Kier molecular flexibility index (Phi) is 7.96. The Hall–Kier alpha value is -2.28. The van der Waals surface area contributed by atoms with Gasteiger partial charge in [-0.3, -0.25) is 9.69 Å². The Bertz CT molecular complexity index is 847. The van der Waals surface area contributed by atoms with Gasteiger partial charge in [-0.05, 0) is 25.1 Å². The molecule has 0 spiro atoms. The second kappa shape index (κ2) is 10.7. The van der Waals surface area contributed by atoms with Gasteiger partial charge in [0.1, 0.15) is 5.75 Å². The highest BCUT2D eigenvalue weighted by Gasteiger charge is 2.25. The maximum atomic E-state index is 13.1. The van der Waals surface area contributed by atoms with Crippen molar-refractivity contribution in [1.29, 1.82) is 0 Å². The topological polar surface area (TPSA) is 70.8 Å². The van der Waals surface area contributed by atoms with Gasteiger partial charge in [-0.15, -0.1) is 0 Å². The molecular weight excluding hydrogens is 400 g/mol. The molecule has 0 radical (unpaired) electrons. The van der Waals surface area contributed by atoms with Gasteiger partial charge in [-0.25, -0.2) is 0 Å². The molecular formula is C23H31ClN4O2. The summed E-state index contributed by atoms with van der Waals surface area (Å²) in [4.78, 5) is 17.9. The largest absolute Gasteiger partial charge is 0.493 e. The summed E-state index contributed by atoms with van der Waals surface area (Å²) in [5, 5.41) is 3.55. The third-order valence-electron chi connectivity index (χ3n) is 5.36. The van der Waals surface area contributed by atoms with Gasteiger partial charge >= 0.3 is 0 Å². The molecule has 1 heterocycles. The van der Waals surface area contributed by atoms with Crippen LogP contribution < -0.4 is 15.8 Å². The van der Waals surface area contributed by atoms with Crippen LogP contribution in [0.5, 0.6) is 5.75 Å². The van der Waals surface area contributed by atoms with Crippen molar-refractivity contribution in [3.63, 3.8) is 0 Å². The van der Waals surface area contributed by atoms with Crippen molar-refractivity contribution in [2.45, 2.75) is 26.4 Å². The minimum absolute atomic E-state index is 0.00512. The van der Waals surface area contributed by atoms with Gasteiger partial charge in [0.15, 0.2) is 0 Å². The van der Waals surface area contributed by atoms with Crippen molar-refractivity contribution >= 4 is 23.2 Å². The predicted octanol–water partition coefficient (Wildman–Crippen LogP) is 3.26. The summed E-state index contributed by atoms with van der Waals surface area (Å²) in [6, 6.07) is 13.6. The number of hydrogen-bond donors (Lipinski definition) is 2. The second-order valence-corrected chi connectivity index (χ2v) is 7.99. The highest BCUT2D eigenvalue weighted by molar-refractivity contribution is 6.33. The minimum atomic E-state index is -0.192. The van der Waals surface area contributed by atoms with Crippen LogP contribution in [-0.2, 0) is 6.54 Å². The third-order valence-corrected chi connectivity index (χ3v) is 5.69. The first-order chi connectivity index (χ1) is 14.5. The molecule has 162 valence electrons. The summed E-state index contributed by atoms with van der Waals surface area (Å²) in [5.41, 5.74) is 7.99. The van der Waals surface area contributed by atoms with Crippen LogP contribution in [-0.4, -0.2) is 61.1 Å². The van der Waals surface area contributed by atoms with Crippen molar-refractivity contribution in [1.82, 2.24) is 15.1 Å². The van der Waals surface area contributed by atoms with Crippen LogP contribution >= 0.6 is 11.6 Å². The van der Waals surface area contributed by atoms with Crippen molar-refractivity contribution < 1.29 is 9.53 Å². The van der Waals surface area contributed by atoms with E-state index in [1.165, 1.54) is 5.56 Å². The van der Waals surface area contributed by atoms with Gasteiger partial charge in [0, 0.05) is 38.8 Å². The highest BCUT2D eigenvalue weighted by atomic mass is 35.5. The fourth-order valence-electron chi connectivity index (χ4n) is 3.79. The van der Waals surface area contributed by atoms with Crippen LogP contribution in [0.15, 0.2) is 42.5 Å². The lowest BCUT2D eigenvalue weighted by Gasteiger charge is -2.25. The lowest BCUT2D eigenvalue weighted by Crippen LogP contribution is -2.46. The number of rotatable bonds is 7. The zero-order chi connectivity index (χ0) is 21.5. The van der Waals surface area contributed by atoms with Crippen LogP contribution in [0, 0.1) is 0 Å². The maximum absolute atomic E-state index is 13.1. The molecule has 1 amide bonds. The first-order valence-corrected chi connectivity index (χ1v) is 10.9. The molecule has 0 aromatic heterocycles. The van der Waals surface area contributed by atoms with Crippen LogP contribution in [0.4, 0.5) is 5.69 Å². The number of halogens is 1. The fourth-order valence-corrected chi connectivity index (χ4v) is 3.96. The van der Waals surface area contributed by atoms with E-state index >= 15 is 0 Å². The summed E-state index contributed by atoms with van der Waals surface area (Å²) in [7, 11) is 0. The number of benzene rings is 2. The van der Waals surface area contributed by atoms with Crippen LogP contribution in [0.25, 0.3) is 0 Å². The molecule has 0 bridgehead atoms. The number of anilines is 1. The Morgan fingerprint density at radius 2 is 1.87 bits per heavy atom. The smallest absolute Gasteiger partial charge is 0.255 e. The van der Waals surface area contributed by atoms with E-state index in [0.29, 0.717) is 28.6 Å². The Balaban J connectivity index is 1.75. The van der Waals surface area contributed by atoms with Gasteiger partial charge in [0.2, 0.25) is 0 Å². The maximum Gasteiger partial charge on any atom is 0.255 e. The van der Waals surface area contributed by atoms with E-state index in [0.717, 1.165) is 39.3 Å². The number of carbonyl (C=O) groups is 1. The van der Waals surface area contributed by atoms with E-state index < -0.39 is 0 Å². The van der Waals surface area contributed by atoms with Crippen molar-refractivity contribution in [2.75, 3.05) is 45.1 Å². The summed E-state index contributed by atoms with van der Waals surface area (Å²) < 4.78 is 5.63. The molecule has 3 rings (SSSR count). The molecule has 3 N–H and O–H groups in total. The van der Waals surface area contributed by atoms with E-state index in [2.05, 4.69) is 46.3 Å². The standard InChI is InChI=1S/C23H31ClN4O2/c1-3-27-10-11-28(14-17-8-6-5-7-9-17)16-18(15-27)26-23(29)19-12-20(24)21(25)13-22(19)30-4-2/h5-9,12-13,18H,3-4,10-11,14-16,25H2,1-2H3,(H,26,29). The lowest BCUT2D eigenvalue weighted by atomic mass is 10.1. The van der Waals surface area contributed by atoms with Gasteiger partial charge in [-0.2, -0.15) is 0 Å². The first kappa shape index (κ1) is 22.4. The van der Waals surface area contributed by atoms with Gasteiger partial charge in [-0.1, -0.05) is 48.9 Å². The molecule has 1 atom stereocenters. The van der Waals surface area contributed by atoms with Crippen molar-refractivity contribution in [2.24, 2.45) is 0 Å². The Labute approximate surface area is 183 Å². The van der Waals surface area contributed by atoms with Gasteiger partial charge in [0.05, 0.1) is 28.9 Å². The molecule has 0 aliphatic carbocycles. The summed E-state index contributed by atoms with van der Waals surface area (Å²) in [5.74, 6) is 0.266. The van der Waals surface area contributed by atoms with Crippen LogP contribution in [0.1, 0.15) is 29.8 Å². The number of hydrogen-bond acceptors (Lipinski definition) is 5. The molecule has 2 aromatic rings. The van der Waals surface area contributed by atoms with Crippen LogP contribution in [0.3, 0.4) is 0 Å². The first-order valence-electron chi connectivity index (χ1n) is 10.5. The van der Waals surface area contributed by atoms with E-state index in [-0.39, 0.29) is 11.9 Å². The number of ether oxygens (including phenoxy) is 1. The Morgan fingerprint density at radius 3 is 2.57 bits per heavy atom. The number of nitrogens with one attached hydrogen (secondary N) is 1. The molecule has 1 fully saturated rings. The molecule has 7 heteroatoms. The van der Waals surface area contributed by atoms with E-state index in [4.69, 9.17) is 22.1 Å². The highest BCUT2D eigenvalue weighted by Crippen LogP contribution is 2.29. The molecule has 6 nitrogen and oxygen atoms in total. The zero-order valence-corrected chi connectivity index (χ0v) is 18.5. The van der Waals surface area contributed by atoms with Gasteiger partial charge in [0.25, 0.3) is 5.91 Å². The van der Waals surface area contributed by atoms with Crippen molar-refractivity contribution in [3.05, 3.63) is 58.6 Å². The molecule has 2 aromatic carbocycles. The monoisotopic (exact) mass is 430 g/mol. The number of amides is 1. The SMILES string of the molecule is CCOc1cc(N)c(Cl)cc1C(=O)NC1CN(CC)CCN(Cc2ccccc2)C1. The molecule has 0 saturated carbocycles. The number of nitrogens with two attached hydrogens (primary N) is 1. The van der Waals surface area contributed by atoms with Gasteiger partial charge < -0.3 is 20.7 Å². The van der Waals surface area contributed by atoms with Crippen LogP contribution in [0.2, 0.25) is 5.02 Å². The average Bonchev–Trinajstić information content (AvgIpc) is 2.93. The van der Waals surface area contributed by atoms with Crippen molar-refractivity contribution in [3.8, 4) is 5.75 Å². The predicted molar refractivity (Wildman–Crippen MR) is 122 cm³/mol. The quantitative estimate of drug-likeness (QED) is 0.660. The second-order valence-electron chi connectivity index (χ2n) is 7.59. The number of likely N-dealkylation sites (N-methyl/N-ethyl adjacent to an activating group) is 1. The fraction of sp³-hybridized carbons (Fsp3) is 0.435. The summed E-state index contributed by atoms with van der Waals surface area (Å²) >= 11 is 6.18. The zero-order valence-electron chi connectivity index (χ0n) is 17.7. The molecule has 1 aliphatic heterocycles. The molecule has 1 aliphatic rings. The van der Waals surface area contributed by atoms with E-state index in [9.17, 15) is 4.79 Å². The number of carbonyl (C=O) groups excluding carboxylic acids is 1. The molecule has 1 unspecified atom stereocenters. The molecule has 30 heavy (non-hydrogen) atoms. The normalized spacial score (nSPS) is 18.0. The summed E-state index contributed by atoms with van der Waals surface area (Å²) in [6.45, 7) is 9.81. The Morgan fingerprint density at radius 1 is 1.17 bits per heavy atom. The lowest BCUT2D eigenvalue weighted by molar-refractivity contribution is 0.0918. The third kappa shape index (κ3) is 5.88. The number of nitrogen functional groups attached to an aromatic ring is 1. The van der Waals surface area contributed by atoms with E-state index in [1.807, 2.05) is 13.0 Å². The summed E-state index contributed by atoms with van der Waals surface area (Å²) in [6.07, 6.45) is 0. The average molecular weight is 431 g/mol. The number of nitrogens with zero attached hydrogens (tertiary/aromatic N) is 2. The molecule has 1 saturated heterocycles. The minimum Gasteiger partial charge on any atom is -0.493 e. The van der Waals surface area contributed by atoms with E-state index in [1.54, 1.807) is 12.1 Å².